The molecule has 1 heterocycles. The van der Waals surface area contributed by atoms with Gasteiger partial charge in [0.25, 0.3) is 0 Å². The first kappa shape index (κ1) is 14.5. The molecule has 2 nitrogen and oxygen atoms in total. The lowest BCUT2D eigenvalue weighted by Gasteiger charge is -2.34. The fourth-order valence-electron chi connectivity index (χ4n) is 2.65. The van der Waals surface area contributed by atoms with Crippen molar-refractivity contribution >= 4 is 29.1 Å². The standard InChI is InChI=1S/C17H17ClN2S/c18-16-14(20-19)11-15(12-7-3-1-4-8-12)21-17(16)13-9-5-2-6-10-13/h1-10,15-17H,11,19H2/b20-14+. The Kier molecular flexibility index (Phi) is 4.51. The highest BCUT2D eigenvalue weighted by molar-refractivity contribution is 8.00. The second-order valence-electron chi connectivity index (χ2n) is 5.09. The predicted molar refractivity (Wildman–Crippen MR) is 91.8 cm³/mol. The highest BCUT2D eigenvalue weighted by Gasteiger charge is 2.36. The maximum atomic E-state index is 6.60. The van der Waals surface area contributed by atoms with Crippen molar-refractivity contribution in [2.75, 3.05) is 0 Å². The molecule has 0 spiro atoms. The molecule has 0 bridgehead atoms. The number of rotatable bonds is 2. The fraction of sp³-hybridized carbons (Fsp3) is 0.235. The molecule has 2 aromatic carbocycles. The molecule has 0 radical (unpaired) electrons. The summed E-state index contributed by atoms with van der Waals surface area (Å²) in [5, 5.41) is 4.32. The maximum absolute atomic E-state index is 6.60. The molecule has 21 heavy (non-hydrogen) atoms. The summed E-state index contributed by atoms with van der Waals surface area (Å²) in [7, 11) is 0. The largest absolute Gasteiger partial charge is 0.323 e. The van der Waals surface area contributed by atoms with Crippen LogP contribution in [-0.2, 0) is 0 Å². The zero-order valence-corrected chi connectivity index (χ0v) is 13.1. The highest BCUT2D eigenvalue weighted by atomic mass is 35.5. The van der Waals surface area contributed by atoms with Crippen LogP contribution in [0.5, 0.6) is 0 Å². The summed E-state index contributed by atoms with van der Waals surface area (Å²) < 4.78 is 0. The van der Waals surface area contributed by atoms with E-state index in [0.717, 1.165) is 12.1 Å². The predicted octanol–water partition coefficient (Wildman–Crippen LogP) is 4.53. The van der Waals surface area contributed by atoms with Gasteiger partial charge in [0.1, 0.15) is 0 Å². The lowest BCUT2D eigenvalue weighted by molar-refractivity contribution is 0.869. The molecular formula is C17H17ClN2S. The number of alkyl halides is 1. The molecule has 1 aliphatic heterocycles. The van der Waals surface area contributed by atoms with E-state index in [2.05, 4.69) is 41.5 Å². The number of halogens is 1. The summed E-state index contributed by atoms with van der Waals surface area (Å²) in [6, 6.07) is 20.8. The minimum atomic E-state index is -0.151. The van der Waals surface area contributed by atoms with E-state index in [1.165, 1.54) is 11.1 Å². The van der Waals surface area contributed by atoms with Crippen molar-refractivity contribution in [3.05, 3.63) is 71.8 Å². The second kappa shape index (κ2) is 6.54. The van der Waals surface area contributed by atoms with E-state index in [9.17, 15) is 0 Å². The quantitative estimate of drug-likeness (QED) is 0.502. The highest BCUT2D eigenvalue weighted by Crippen LogP contribution is 2.50. The maximum Gasteiger partial charge on any atom is 0.0895 e. The van der Waals surface area contributed by atoms with E-state index >= 15 is 0 Å². The summed E-state index contributed by atoms with van der Waals surface area (Å²) in [5.74, 6) is 5.57. The lowest BCUT2D eigenvalue weighted by Crippen LogP contribution is -2.29. The van der Waals surface area contributed by atoms with Crippen LogP contribution in [0.2, 0.25) is 0 Å². The summed E-state index contributed by atoms with van der Waals surface area (Å²) in [6.07, 6.45) is 0.808. The third-order valence-electron chi connectivity index (χ3n) is 3.75. The third-order valence-corrected chi connectivity index (χ3v) is 6.01. The van der Waals surface area contributed by atoms with E-state index in [0.29, 0.717) is 5.25 Å². The molecule has 3 unspecified atom stereocenters. The third kappa shape index (κ3) is 3.09. The zero-order valence-electron chi connectivity index (χ0n) is 11.5. The van der Waals surface area contributed by atoms with Crippen LogP contribution in [0, 0.1) is 0 Å². The van der Waals surface area contributed by atoms with Crippen molar-refractivity contribution in [3.63, 3.8) is 0 Å². The Morgan fingerprint density at radius 2 is 1.52 bits per heavy atom. The molecule has 3 atom stereocenters. The summed E-state index contributed by atoms with van der Waals surface area (Å²) in [6.45, 7) is 0. The van der Waals surface area contributed by atoms with Gasteiger partial charge in [0.2, 0.25) is 0 Å². The van der Waals surface area contributed by atoms with Crippen LogP contribution in [0.1, 0.15) is 28.0 Å². The Morgan fingerprint density at radius 3 is 2.10 bits per heavy atom. The van der Waals surface area contributed by atoms with Crippen molar-refractivity contribution in [1.29, 1.82) is 0 Å². The van der Waals surface area contributed by atoms with Crippen LogP contribution in [0.3, 0.4) is 0 Å². The number of hydrogen-bond acceptors (Lipinski definition) is 3. The molecule has 0 aromatic heterocycles. The van der Waals surface area contributed by atoms with Crippen LogP contribution in [0.25, 0.3) is 0 Å². The Morgan fingerprint density at radius 1 is 0.952 bits per heavy atom. The average Bonchev–Trinajstić information content (AvgIpc) is 2.56. The number of thioether (sulfide) groups is 1. The van der Waals surface area contributed by atoms with Gasteiger partial charge in [-0.1, -0.05) is 60.7 Å². The molecule has 3 rings (SSSR count). The number of nitrogens with two attached hydrogens (primary N) is 1. The molecule has 0 aliphatic carbocycles. The van der Waals surface area contributed by atoms with Gasteiger partial charge in [0.05, 0.1) is 16.3 Å². The number of benzene rings is 2. The van der Waals surface area contributed by atoms with Crippen molar-refractivity contribution in [2.45, 2.75) is 22.3 Å². The summed E-state index contributed by atoms with van der Waals surface area (Å²) in [4.78, 5) is 0. The van der Waals surface area contributed by atoms with Gasteiger partial charge in [-0.05, 0) is 11.1 Å². The Balaban J connectivity index is 1.93. The van der Waals surface area contributed by atoms with Crippen LogP contribution in [0.15, 0.2) is 65.8 Å². The summed E-state index contributed by atoms with van der Waals surface area (Å²) in [5.41, 5.74) is 3.41. The zero-order chi connectivity index (χ0) is 14.7. The van der Waals surface area contributed by atoms with Crippen LogP contribution in [-0.4, -0.2) is 11.1 Å². The van der Waals surface area contributed by atoms with Crippen molar-refractivity contribution in [2.24, 2.45) is 10.9 Å². The molecule has 0 saturated carbocycles. The molecule has 1 aliphatic rings. The smallest absolute Gasteiger partial charge is 0.0895 e. The topological polar surface area (TPSA) is 38.4 Å². The second-order valence-corrected chi connectivity index (χ2v) is 6.91. The molecule has 1 saturated heterocycles. The van der Waals surface area contributed by atoms with Gasteiger partial charge in [0.15, 0.2) is 0 Å². The molecule has 108 valence electrons. The SMILES string of the molecule is N/N=C1\CC(c2ccccc2)SC(c2ccccc2)C1Cl. The van der Waals surface area contributed by atoms with Crippen molar-refractivity contribution < 1.29 is 0 Å². The minimum Gasteiger partial charge on any atom is -0.323 e. The van der Waals surface area contributed by atoms with Crippen LogP contribution < -0.4 is 5.84 Å². The van der Waals surface area contributed by atoms with Gasteiger partial charge in [-0.15, -0.1) is 23.4 Å². The monoisotopic (exact) mass is 316 g/mol. The molecule has 2 N–H and O–H groups in total. The average molecular weight is 317 g/mol. The van der Waals surface area contributed by atoms with E-state index in [1.807, 2.05) is 36.0 Å². The van der Waals surface area contributed by atoms with Gasteiger partial charge in [-0.2, -0.15) is 5.10 Å². The molecule has 2 aromatic rings. The van der Waals surface area contributed by atoms with Gasteiger partial charge < -0.3 is 5.84 Å². The number of hydrazone groups is 1. The molecule has 1 fully saturated rings. The Bertz CT molecular complexity index is 615. The lowest BCUT2D eigenvalue weighted by atomic mass is 9.99. The normalized spacial score (nSPS) is 27.7. The molecular weight excluding hydrogens is 300 g/mol. The van der Waals surface area contributed by atoms with Gasteiger partial charge in [-0.3, -0.25) is 0 Å². The molecule has 4 heteroatoms. The van der Waals surface area contributed by atoms with E-state index in [4.69, 9.17) is 17.4 Å². The Labute approximate surface area is 134 Å². The van der Waals surface area contributed by atoms with Crippen molar-refractivity contribution in [3.8, 4) is 0 Å². The number of hydrogen-bond donors (Lipinski definition) is 1. The minimum absolute atomic E-state index is 0.151. The van der Waals surface area contributed by atoms with Gasteiger partial charge >= 0.3 is 0 Å². The summed E-state index contributed by atoms with van der Waals surface area (Å²) >= 11 is 8.50. The van der Waals surface area contributed by atoms with E-state index < -0.39 is 0 Å². The number of nitrogens with zero attached hydrogens (tertiary/aromatic N) is 1. The first-order valence-electron chi connectivity index (χ1n) is 6.95. The van der Waals surface area contributed by atoms with E-state index in [-0.39, 0.29) is 10.6 Å². The Hall–Kier alpha value is -1.45. The first-order valence-corrected chi connectivity index (χ1v) is 8.33. The van der Waals surface area contributed by atoms with Crippen LogP contribution in [0.4, 0.5) is 0 Å². The molecule has 0 amide bonds. The fourth-order valence-corrected chi connectivity index (χ4v) is 4.66. The first-order chi connectivity index (χ1) is 10.3. The van der Waals surface area contributed by atoms with Crippen molar-refractivity contribution in [1.82, 2.24) is 0 Å². The van der Waals surface area contributed by atoms with Crippen LogP contribution >= 0.6 is 23.4 Å². The van der Waals surface area contributed by atoms with Gasteiger partial charge in [0, 0.05) is 11.7 Å². The van der Waals surface area contributed by atoms with Gasteiger partial charge in [-0.25, -0.2) is 0 Å². The van der Waals surface area contributed by atoms with E-state index in [1.54, 1.807) is 0 Å².